The van der Waals surface area contributed by atoms with Gasteiger partial charge in [-0.05, 0) is 12.1 Å². The molecule has 0 radical (unpaired) electrons. The summed E-state index contributed by atoms with van der Waals surface area (Å²) >= 11 is 4.91. The van der Waals surface area contributed by atoms with Crippen LogP contribution in [-0.4, -0.2) is 22.4 Å². The van der Waals surface area contributed by atoms with Crippen LogP contribution in [0.1, 0.15) is 24.3 Å². The van der Waals surface area contributed by atoms with Crippen molar-refractivity contribution in [2.45, 2.75) is 13.8 Å². The Morgan fingerprint density at radius 1 is 1.56 bits per heavy atom. The highest BCUT2D eigenvalue weighted by Crippen LogP contribution is 2.13. The Kier molecular flexibility index (Phi) is 3.95. The number of carbonyl (C=O) groups is 1. The standard InChI is InChI=1S/C11H15N3OS/c1-11(2,10(12)16)7-14-9(15)8-5-3-4-6-13-8/h3-6H,7H2,1-2H3,(H2,12,16)(H,14,15). The van der Waals surface area contributed by atoms with E-state index in [-0.39, 0.29) is 11.3 Å². The molecule has 1 rings (SSSR count). The third kappa shape index (κ3) is 3.27. The second kappa shape index (κ2) is 5.03. The minimum absolute atomic E-state index is 0.218. The molecular weight excluding hydrogens is 222 g/mol. The molecule has 1 heterocycles. The summed E-state index contributed by atoms with van der Waals surface area (Å²) in [7, 11) is 0. The van der Waals surface area contributed by atoms with E-state index in [1.807, 2.05) is 13.8 Å². The number of rotatable bonds is 4. The molecule has 0 aromatic carbocycles. The van der Waals surface area contributed by atoms with Gasteiger partial charge >= 0.3 is 0 Å². The van der Waals surface area contributed by atoms with E-state index >= 15 is 0 Å². The fourth-order valence-electron chi connectivity index (χ4n) is 0.976. The summed E-state index contributed by atoms with van der Waals surface area (Å²) in [4.78, 5) is 16.0. The zero-order valence-electron chi connectivity index (χ0n) is 9.36. The second-order valence-electron chi connectivity index (χ2n) is 4.15. The van der Waals surface area contributed by atoms with Crippen molar-refractivity contribution in [2.24, 2.45) is 11.1 Å². The lowest BCUT2D eigenvalue weighted by Gasteiger charge is -2.23. The van der Waals surface area contributed by atoms with E-state index in [4.69, 9.17) is 18.0 Å². The summed E-state index contributed by atoms with van der Waals surface area (Å²) in [6.07, 6.45) is 1.58. The molecule has 0 aliphatic heterocycles. The normalized spacial score (nSPS) is 10.9. The van der Waals surface area contributed by atoms with Crippen molar-refractivity contribution in [1.29, 1.82) is 0 Å². The van der Waals surface area contributed by atoms with Crippen molar-refractivity contribution in [3.8, 4) is 0 Å². The lowest BCUT2D eigenvalue weighted by molar-refractivity contribution is 0.0940. The van der Waals surface area contributed by atoms with Crippen molar-refractivity contribution in [3.05, 3.63) is 30.1 Å². The van der Waals surface area contributed by atoms with Gasteiger partial charge in [0.25, 0.3) is 5.91 Å². The molecule has 1 aromatic rings. The van der Waals surface area contributed by atoms with Crippen LogP contribution in [0.5, 0.6) is 0 Å². The van der Waals surface area contributed by atoms with Gasteiger partial charge in [0.15, 0.2) is 0 Å². The zero-order valence-corrected chi connectivity index (χ0v) is 10.2. The molecule has 0 bridgehead atoms. The van der Waals surface area contributed by atoms with E-state index in [1.54, 1.807) is 24.4 Å². The molecule has 5 heteroatoms. The second-order valence-corrected chi connectivity index (χ2v) is 4.59. The minimum Gasteiger partial charge on any atom is -0.393 e. The Morgan fingerprint density at radius 2 is 2.25 bits per heavy atom. The number of aromatic nitrogens is 1. The lowest BCUT2D eigenvalue weighted by Crippen LogP contribution is -2.41. The first-order valence-corrected chi connectivity index (χ1v) is 5.33. The predicted octanol–water partition coefficient (Wildman–Crippen LogP) is 1.12. The van der Waals surface area contributed by atoms with Gasteiger partial charge in [0.1, 0.15) is 5.69 Å². The Labute approximate surface area is 100 Å². The SMILES string of the molecule is CC(C)(CNC(=O)c1ccccn1)C(N)=S. The van der Waals surface area contributed by atoms with Crippen molar-refractivity contribution in [2.75, 3.05) is 6.54 Å². The molecule has 0 fully saturated rings. The van der Waals surface area contributed by atoms with Gasteiger partial charge in [0.2, 0.25) is 0 Å². The van der Waals surface area contributed by atoms with Crippen molar-refractivity contribution in [3.63, 3.8) is 0 Å². The van der Waals surface area contributed by atoms with E-state index in [0.717, 1.165) is 0 Å². The lowest BCUT2D eigenvalue weighted by atomic mass is 9.93. The summed E-state index contributed by atoms with van der Waals surface area (Å²) in [6.45, 7) is 4.17. The van der Waals surface area contributed by atoms with E-state index in [9.17, 15) is 4.79 Å². The maximum Gasteiger partial charge on any atom is 0.269 e. The van der Waals surface area contributed by atoms with Gasteiger partial charge in [-0.25, -0.2) is 0 Å². The number of hydrogen-bond donors (Lipinski definition) is 2. The molecule has 1 aromatic heterocycles. The van der Waals surface area contributed by atoms with Gasteiger partial charge in [-0.3, -0.25) is 9.78 Å². The summed E-state index contributed by atoms with van der Waals surface area (Å²) in [5.41, 5.74) is 5.56. The maximum atomic E-state index is 11.7. The van der Waals surface area contributed by atoms with E-state index in [2.05, 4.69) is 10.3 Å². The average molecular weight is 237 g/mol. The first-order chi connectivity index (χ1) is 7.43. The van der Waals surface area contributed by atoms with Gasteiger partial charge < -0.3 is 11.1 Å². The number of nitrogens with one attached hydrogen (secondary N) is 1. The van der Waals surface area contributed by atoms with E-state index in [0.29, 0.717) is 17.2 Å². The fourth-order valence-corrected chi connectivity index (χ4v) is 1.05. The molecule has 0 aliphatic carbocycles. The molecule has 4 nitrogen and oxygen atoms in total. The molecule has 0 atom stereocenters. The molecule has 86 valence electrons. The molecule has 0 saturated carbocycles. The quantitative estimate of drug-likeness (QED) is 0.770. The van der Waals surface area contributed by atoms with Crippen LogP contribution in [0.4, 0.5) is 0 Å². The van der Waals surface area contributed by atoms with Crippen LogP contribution in [0.2, 0.25) is 0 Å². The van der Waals surface area contributed by atoms with Gasteiger partial charge in [0, 0.05) is 18.2 Å². The van der Waals surface area contributed by atoms with Crippen LogP contribution in [0.25, 0.3) is 0 Å². The number of nitrogens with two attached hydrogens (primary N) is 1. The first kappa shape index (κ1) is 12.6. The van der Waals surface area contributed by atoms with Gasteiger partial charge in [-0.2, -0.15) is 0 Å². The minimum atomic E-state index is -0.389. The monoisotopic (exact) mass is 237 g/mol. The molecular formula is C11H15N3OS. The molecule has 0 saturated heterocycles. The highest BCUT2D eigenvalue weighted by molar-refractivity contribution is 7.80. The third-order valence-electron chi connectivity index (χ3n) is 2.26. The highest BCUT2D eigenvalue weighted by atomic mass is 32.1. The van der Waals surface area contributed by atoms with Crippen LogP contribution in [0.15, 0.2) is 24.4 Å². The summed E-state index contributed by atoms with van der Waals surface area (Å²) in [5.74, 6) is -0.218. The van der Waals surface area contributed by atoms with Crippen LogP contribution in [0, 0.1) is 5.41 Å². The van der Waals surface area contributed by atoms with Crippen LogP contribution >= 0.6 is 12.2 Å². The third-order valence-corrected chi connectivity index (χ3v) is 2.81. The van der Waals surface area contributed by atoms with Gasteiger partial charge in [-0.1, -0.05) is 32.1 Å². The predicted molar refractivity (Wildman–Crippen MR) is 67.1 cm³/mol. The highest BCUT2D eigenvalue weighted by Gasteiger charge is 2.22. The van der Waals surface area contributed by atoms with Crippen molar-refractivity contribution in [1.82, 2.24) is 10.3 Å². The number of thiocarbonyl (C=S) groups is 1. The zero-order chi connectivity index (χ0) is 12.2. The number of carbonyl (C=O) groups excluding carboxylic acids is 1. The fraction of sp³-hybridized carbons (Fsp3) is 0.364. The number of amides is 1. The molecule has 0 spiro atoms. The first-order valence-electron chi connectivity index (χ1n) is 4.92. The Hall–Kier alpha value is -1.49. The van der Waals surface area contributed by atoms with E-state index < -0.39 is 0 Å². The Bertz CT molecular complexity index is 389. The Balaban J connectivity index is 2.58. The summed E-state index contributed by atoms with van der Waals surface area (Å²) < 4.78 is 0. The van der Waals surface area contributed by atoms with Crippen LogP contribution < -0.4 is 11.1 Å². The molecule has 16 heavy (non-hydrogen) atoms. The molecule has 3 N–H and O–H groups in total. The topological polar surface area (TPSA) is 68.0 Å². The van der Waals surface area contributed by atoms with Crippen LogP contribution in [0.3, 0.4) is 0 Å². The van der Waals surface area contributed by atoms with Gasteiger partial charge in [-0.15, -0.1) is 0 Å². The number of hydrogen-bond acceptors (Lipinski definition) is 3. The largest absolute Gasteiger partial charge is 0.393 e. The maximum absolute atomic E-state index is 11.7. The van der Waals surface area contributed by atoms with Gasteiger partial charge in [0.05, 0.1) is 4.99 Å². The summed E-state index contributed by atoms with van der Waals surface area (Å²) in [5, 5.41) is 2.75. The molecule has 0 aliphatic rings. The molecule has 0 unspecified atom stereocenters. The van der Waals surface area contributed by atoms with Crippen molar-refractivity contribution < 1.29 is 4.79 Å². The van der Waals surface area contributed by atoms with Crippen molar-refractivity contribution >= 4 is 23.1 Å². The number of pyridine rings is 1. The smallest absolute Gasteiger partial charge is 0.269 e. The molecule has 1 amide bonds. The Morgan fingerprint density at radius 3 is 2.75 bits per heavy atom. The average Bonchev–Trinajstić information content (AvgIpc) is 2.27. The number of nitrogens with zero attached hydrogens (tertiary/aromatic N) is 1. The summed E-state index contributed by atoms with van der Waals surface area (Å²) in [6, 6.07) is 5.18. The van der Waals surface area contributed by atoms with E-state index in [1.165, 1.54) is 0 Å². The van der Waals surface area contributed by atoms with Crippen LogP contribution in [-0.2, 0) is 0 Å².